The quantitative estimate of drug-likeness (QED) is 0.801. The molecule has 1 aliphatic carbocycles. The van der Waals surface area contributed by atoms with Gasteiger partial charge in [0.25, 0.3) is 0 Å². The largest absolute Gasteiger partial charge is 0.444 e. The molecule has 2 aromatic rings. The zero-order valence-electron chi connectivity index (χ0n) is 16.3. The maximum absolute atomic E-state index is 12.3. The number of likely N-dealkylation sites (tertiary alicyclic amines) is 1. The lowest BCUT2D eigenvalue weighted by Crippen LogP contribution is -2.43. The number of hydrogen-bond acceptors (Lipinski definition) is 5. The van der Waals surface area contributed by atoms with Crippen LogP contribution in [0.2, 0.25) is 0 Å². The van der Waals surface area contributed by atoms with E-state index in [2.05, 4.69) is 10.2 Å². The molecule has 6 nitrogen and oxygen atoms in total. The van der Waals surface area contributed by atoms with Crippen molar-refractivity contribution in [2.45, 2.75) is 57.5 Å². The molecule has 2 aliphatic rings. The summed E-state index contributed by atoms with van der Waals surface area (Å²) in [5, 5.41) is 8.65. The molecule has 0 atom stereocenters. The van der Waals surface area contributed by atoms with Gasteiger partial charge in [0.2, 0.25) is 11.8 Å². The van der Waals surface area contributed by atoms with Gasteiger partial charge >= 0.3 is 6.09 Å². The Labute approximate surface area is 159 Å². The second-order valence-corrected chi connectivity index (χ2v) is 8.68. The van der Waals surface area contributed by atoms with E-state index >= 15 is 0 Å². The highest BCUT2D eigenvalue weighted by Crippen LogP contribution is 2.56. The van der Waals surface area contributed by atoms with Crippen molar-refractivity contribution in [2.24, 2.45) is 5.92 Å². The van der Waals surface area contributed by atoms with Crippen LogP contribution in [0.3, 0.4) is 0 Å². The first-order chi connectivity index (χ1) is 12.9. The summed E-state index contributed by atoms with van der Waals surface area (Å²) in [5.41, 5.74) is 0.496. The monoisotopic (exact) mass is 369 g/mol. The van der Waals surface area contributed by atoms with Gasteiger partial charge in [0.15, 0.2) is 0 Å². The molecule has 4 rings (SSSR count). The summed E-state index contributed by atoms with van der Waals surface area (Å²) < 4.78 is 11.6. The molecule has 1 saturated carbocycles. The summed E-state index contributed by atoms with van der Waals surface area (Å²) in [6.45, 7) is 7.15. The van der Waals surface area contributed by atoms with Crippen molar-refractivity contribution in [3.8, 4) is 11.5 Å². The van der Waals surface area contributed by atoms with Crippen molar-refractivity contribution in [1.29, 1.82) is 0 Å². The van der Waals surface area contributed by atoms with E-state index in [-0.39, 0.29) is 11.5 Å². The molecule has 0 radical (unpaired) electrons. The van der Waals surface area contributed by atoms with E-state index in [0.717, 1.165) is 50.2 Å². The topological polar surface area (TPSA) is 68.5 Å². The second-order valence-electron chi connectivity index (χ2n) is 8.68. The fourth-order valence-corrected chi connectivity index (χ4v) is 3.99. The van der Waals surface area contributed by atoms with Crippen LogP contribution in [0.1, 0.15) is 52.3 Å². The average Bonchev–Trinajstić information content (AvgIpc) is 3.31. The first-order valence-corrected chi connectivity index (χ1v) is 9.75. The zero-order chi connectivity index (χ0) is 19.1. The smallest absolute Gasteiger partial charge is 0.410 e. The van der Waals surface area contributed by atoms with Gasteiger partial charge in [-0.25, -0.2) is 4.79 Å². The molecule has 0 N–H and O–H groups in total. The van der Waals surface area contributed by atoms with Crippen molar-refractivity contribution in [3.05, 3.63) is 36.2 Å². The van der Waals surface area contributed by atoms with Crippen LogP contribution in [-0.2, 0) is 10.2 Å². The van der Waals surface area contributed by atoms with Gasteiger partial charge in [-0.1, -0.05) is 18.2 Å². The standard InChI is InChI=1S/C21H27N3O3/c1-20(2,3)27-19(25)24-13-9-16(10-14-24)21(11-12-21)18-23-22-17(26-18)15-7-5-4-6-8-15/h4-8,16H,9-14H2,1-3H3. The number of amides is 1. The van der Waals surface area contributed by atoms with Gasteiger partial charge in [-0.05, 0) is 64.5 Å². The maximum atomic E-state index is 12.3. The van der Waals surface area contributed by atoms with E-state index in [1.807, 2.05) is 56.0 Å². The predicted molar refractivity (Wildman–Crippen MR) is 101 cm³/mol. The van der Waals surface area contributed by atoms with E-state index in [0.29, 0.717) is 11.8 Å². The van der Waals surface area contributed by atoms with Crippen LogP contribution in [0.5, 0.6) is 0 Å². The Morgan fingerprint density at radius 2 is 1.81 bits per heavy atom. The molecule has 1 amide bonds. The van der Waals surface area contributed by atoms with Gasteiger partial charge in [0.1, 0.15) is 5.60 Å². The normalized spacial score (nSPS) is 19.7. The van der Waals surface area contributed by atoms with Crippen molar-refractivity contribution in [3.63, 3.8) is 0 Å². The van der Waals surface area contributed by atoms with E-state index in [9.17, 15) is 4.79 Å². The number of carbonyl (C=O) groups excluding carboxylic acids is 1. The van der Waals surface area contributed by atoms with Crippen molar-refractivity contribution in [1.82, 2.24) is 15.1 Å². The lowest BCUT2D eigenvalue weighted by molar-refractivity contribution is 0.0164. The Bertz CT molecular complexity index is 798. The van der Waals surface area contributed by atoms with Gasteiger partial charge in [-0.3, -0.25) is 0 Å². The van der Waals surface area contributed by atoms with Crippen molar-refractivity contribution >= 4 is 6.09 Å². The Kier molecular flexibility index (Phi) is 4.44. The first-order valence-electron chi connectivity index (χ1n) is 9.75. The van der Waals surface area contributed by atoms with Crippen LogP contribution in [0.4, 0.5) is 4.79 Å². The minimum absolute atomic E-state index is 0.0000518. The number of ether oxygens (including phenoxy) is 1. The van der Waals surface area contributed by atoms with E-state index in [1.165, 1.54) is 0 Å². The molecule has 2 fully saturated rings. The minimum Gasteiger partial charge on any atom is -0.444 e. The van der Waals surface area contributed by atoms with Crippen molar-refractivity contribution < 1.29 is 13.9 Å². The molecule has 0 spiro atoms. The summed E-state index contributed by atoms with van der Waals surface area (Å²) in [5.74, 6) is 1.82. The van der Waals surface area contributed by atoms with Crippen LogP contribution in [-0.4, -0.2) is 39.9 Å². The lowest BCUT2D eigenvalue weighted by Gasteiger charge is -2.36. The number of piperidine rings is 1. The molecular weight excluding hydrogens is 342 g/mol. The molecular formula is C21H27N3O3. The van der Waals surface area contributed by atoms with Crippen LogP contribution in [0, 0.1) is 5.92 Å². The lowest BCUT2D eigenvalue weighted by atomic mass is 9.81. The van der Waals surface area contributed by atoms with Gasteiger partial charge in [0.05, 0.1) is 5.41 Å². The summed E-state index contributed by atoms with van der Waals surface area (Å²) in [6.07, 6.45) is 3.85. The summed E-state index contributed by atoms with van der Waals surface area (Å²) in [6, 6.07) is 9.88. The average molecular weight is 369 g/mol. The summed E-state index contributed by atoms with van der Waals surface area (Å²) in [7, 11) is 0. The summed E-state index contributed by atoms with van der Waals surface area (Å²) >= 11 is 0. The van der Waals surface area contributed by atoms with Crippen molar-refractivity contribution in [2.75, 3.05) is 13.1 Å². The van der Waals surface area contributed by atoms with Gasteiger partial charge in [-0.2, -0.15) is 0 Å². The Morgan fingerprint density at radius 3 is 2.41 bits per heavy atom. The Morgan fingerprint density at radius 1 is 1.15 bits per heavy atom. The molecule has 6 heteroatoms. The van der Waals surface area contributed by atoms with Crippen LogP contribution in [0.25, 0.3) is 11.5 Å². The third-order valence-electron chi connectivity index (χ3n) is 5.59. The molecule has 2 heterocycles. The van der Waals surface area contributed by atoms with Crippen LogP contribution < -0.4 is 0 Å². The fraction of sp³-hybridized carbons (Fsp3) is 0.571. The molecule has 1 aromatic carbocycles. The highest BCUT2D eigenvalue weighted by molar-refractivity contribution is 5.68. The number of aromatic nitrogens is 2. The van der Waals surface area contributed by atoms with E-state index in [4.69, 9.17) is 9.15 Å². The second kappa shape index (κ2) is 6.66. The predicted octanol–water partition coefficient (Wildman–Crippen LogP) is 4.42. The molecule has 0 bridgehead atoms. The van der Waals surface area contributed by atoms with Gasteiger partial charge in [0, 0.05) is 18.7 Å². The Balaban J connectivity index is 1.42. The number of nitrogens with zero attached hydrogens (tertiary/aromatic N) is 3. The number of hydrogen-bond donors (Lipinski definition) is 0. The van der Waals surface area contributed by atoms with Crippen LogP contribution in [0.15, 0.2) is 34.7 Å². The van der Waals surface area contributed by atoms with E-state index in [1.54, 1.807) is 0 Å². The third kappa shape index (κ3) is 3.70. The first kappa shape index (κ1) is 18.0. The minimum atomic E-state index is -0.455. The van der Waals surface area contributed by atoms with Crippen LogP contribution >= 0.6 is 0 Å². The van der Waals surface area contributed by atoms with E-state index < -0.39 is 5.60 Å². The molecule has 1 aromatic heterocycles. The van der Waals surface area contributed by atoms with Gasteiger partial charge in [-0.15, -0.1) is 10.2 Å². The third-order valence-corrected chi connectivity index (χ3v) is 5.59. The molecule has 1 saturated heterocycles. The fourth-order valence-electron chi connectivity index (χ4n) is 3.99. The number of carbonyl (C=O) groups is 1. The molecule has 144 valence electrons. The SMILES string of the molecule is CC(C)(C)OC(=O)N1CCC(C2(c3nnc(-c4ccccc4)o3)CC2)CC1. The molecule has 27 heavy (non-hydrogen) atoms. The highest BCUT2D eigenvalue weighted by Gasteiger charge is 2.55. The number of benzene rings is 1. The Hall–Kier alpha value is -2.37. The molecule has 1 aliphatic heterocycles. The zero-order valence-corrected chi connectivity index (χ0v) is 16.3. The molecule has 0 unspecified atom stereocenters. The highest BCUT2D eigenvalue weighted by atomic mass is 16.6. The van der Waals surface area contributed by atoms with Gasteiger partial charge < -0.3 is 14.1 Å². The summed E-state index contributed by atoms with van der Waals surface area (Å²) in [4.78, 5) is 14.1. The number of rotatable bonds is 3. The maximum Gasteiger partial charge on any atom is 0.410 e.